The first-order chi connectivity index (χ1) is 9.74. The van der Waals surface area contributed by atoms with Gasteiger partial charge in [0.25, 0.3) is 10.0 Å². The summed E-state index contributed by atoms with van der Waals surface area (Å²) in [5.74, 6) is -0.646. The van der Waals surface area contributed by atoms with Gasteiger partial charge in [-0.2, -0.15) is 0 Å². The van der Waals surface area contributed by atoms with E-state index in [-0.39, 0.29) is 15.1 Å². The molecule has 0 aliphatic rings. The van der Waals surface area contributed by atoms with Crippen molar-refractivity contribution in [3.8, 4) is 5.75 Å². The molecule has 0 bridgehead atoms. The smallest absolute Gasteiger partial charge is 0.267 e. The zero-order chi connectivity index (χ0) is 15.8. The van der Waals surface area contributed by atoms with Crippen molar-refractivity contribution in [2.24, 2.45) is 0 Å². The SMILES string of the molecule is Cc1ccccc1NS(=O)(=O)c1c(O)c(Cl)cc(Cl)c1Cl. The van der Waals surface area contributed by atoms with Crippen molar-refractivity contribution < 1.29 is 13.5 Å². The Hall–Kier alpha value is -1.14. The number of rotatable bonds is 3. The summed E-state index contributed by atoms with van der Waals surface area (Å²) in [6, 6.07) is 7.95. The largest absolute Gasteiger partial charge is 0.505 e. The minimum absolute atomic E-state index is 0.0652. The van der Waals surface area contributed by atoms with E-state index in [0.29, 0.717) is 11.3 Å². The minimum atomic E-state index is -4.14. The van der Waals surface area contributed by atoms with Crippen LogP contribution in [0.1, 0.15) is 5.56 Å². The molecule has 0 saturated carbocycles. The van der Waals surface area contributed by atoms with Gasteiger partial charge in [0.1, 0.15) is 0 Å². The van der Waals surface area contributed by atoms with Crippen molar-refractivity contribution in [3.05, 3.63) is 51.0 Å². The second-order valence-electron chi connectivity index (χ2n) is 4.25. The van der Waals surface area contributed by atoms with Crippen LogP contribution in [0.5, 0.6) is 5.75 Å². The van der Waals surface area contributed by atoms with Crippen LogP contribution >= 0.6 is 34.8 Å². The number of aryl methyl sites for hydroxylation is 1. The molecule has 0 atom stereocenters. The average molecular weight is 367 g/mol. The molecule has 2 rings (SSSR count). The number of aromatic hydroxyl groups is 1. The lowest BCUT2D eigenvalue weighted by molar-refractivity contribution is 0.459. The number of anilines is 1. The quantitative estimate of drug-likeness (QED) is 0.788. The van der Waals surface area contributed by atoms with Gasteiger partial charge in [-0.15, -0.1) is 0 Å². The molecule has 0 aromatic heterocycles. The molecule has 2 aromatic rings. The summed E-state index contributed by atoms with van der Waals surface area (Å²) in [5, 5.41) is 9.33. The minimum Gasteiger partial charge on any atom is -0.505 e. The van der Waals surface area contributed by atoms with Gasteiger partial charge in [-0.3, -0.25) is 4.72 Å². The zero-order valence-corrected chi connectivity index (χ0v) is 13.8. The highest BCUT2D eigenvalue weighted by Gasteiger charge is 2.27. The van der Waals surface area contributed by atoms with E-state index in [1.54, 1.807) is 31.2 Å². The fraction of sp³-hybridized carbons (Fsp3) is 0.0769. The molecule has 0 fully saturated rings. The van der Waals surface area contributed by atoms with Crippen LogP contribution < -0.4 is 4.72 Å². The normalized spacial score (nSPS) is 11.4. The molecule has 112 valence electrons. The number of halogens is 3. The number of phenolic OH excluding ortho intramolecular Hbond substituents is 1. The Bertz CT molecular complexity index is 780. The lowest BCUT2D eigenvalue weighted by Gasteiger charge is -2.14. The lowest BCUT2D eigenvalue weighted by atomic mass is 10.2. The van der Waals surface area contributed by atoms with E-state index in [0.717, 1.165) is 0 Å². The molecule has 0 amide bonds. The molecule has 0 radical (unpaired) electrons. The van der Waals surface area contributed by atoms with Crippen LogP contribution in [0.2, 0.25) is 15.1 Å². The van der Waals surface area contributed by atoms with Crippen molar-refractivity contribution in [2.75, 3.05) is 4.72 Å². The topological polar surface area (TPSA) is 66.4 Å². The zero-order valence-electron chi connectivity index (χ0n) is 10.7. The van der Waals surface area contributed by atoms with Crippen molar-refractivity contribution in [3.63, 3.8) is 0 Å². The van der Waals surface area contributed by atoms with Crippen molar-refractivity contribution in [1.29, 1.82) is 0 Å². The Morgan fingerprint density at radius 2 is 1.71 bits per heavy atom. The Labute approximate surface area is 137 Å². The van der Waals surface area contributed by atoms with Crippen LogP contribution in [0.4, 0.5) is 5.69 Å². The van der Waals surface area contributed by atoms with Gasteiger partial charge in [0.15, 0.2) is 10.6 Å². The van der Waals surface area contributed by atoms with Crippen LogP contribution in [0, 0.1) is 6.92 Å². The van der Waals surface area contributed by atoms with Crippen LogP contribution in [-0.2, 0) is 10.0 Å². The van der Waals surface area contributed by atoms with Gasteiger partial charge in [0.05, 0.1) is 20.8 Å². The maximum atomic E-state index is 12.4. The summed E-state index contributed by atoms with van der Waals surface area (Å²) in [7, 11) is -4.14. The van der Waals surface area contributed by atoms with Gasteiger partial charge >= 0.3 is 0 Å². The van der Waals surface area contributed by atoms with Crippen molar-refractivity contribution in [2.45, 2.75) is 11.8 Å². The molecule has 0 saturated heterocycles. The highest BCUT2D eigenvalue weighted by Crippen LogP contribution is 2.41. The van der Waals surface area contributed by atoms with Crippen molar-refractivity contribution >= 4 is 50.5 Å². The standard InChI is InChI=1S/C13H10Cl3NO3S/c1-7-4-2-3-5-10(7)17-21(19,20)13-11(16)8(14)6-9(15)12(13)18/h2-6,17-18H,1H3. The fourth-order valence-electron chi connectivity index (χ4n) is 1.69. The molecule has 0 aliphatic heterocycles. The van der Waals surface area contributed by atoms with Gasteiger partial charge in [-0.1, -0.05) is 53.0 Å². The molecule has 2 aromatic carbocycles. The second kappa shape index (κ2) is 5.93. The third-order valence-electron chi connectivity index (χ3n) is 2.76. The van der Waals surface area contributed by atoms with E-state index in [4.69, 9.17) is 34.8 Å². The van der Waals surface area contributed by atoms with E-state index >= 15 is 0 Å². The molecule has 4 nitrogen and oxygen atoms in total. The summed E-state index contributed by atoms with van der Waals surface area (Å²) in [5.41, 5.74) is 1.08. The number of phenols is 1. The Balaban J connectivity index is 2.58. The first-order valence-electron chi connectivity index (χ1n) is 5.69. The van der Waals surface area contributed by atoms with Gasteiger partial charge in [0, 0.05) is 0 Å². The van der Waals surface area contributed by atoms with Crippen LogP contribution in [-0.4, -0.2) is 13.5 Å². The van der Waals surface area contributed by atoms with E-state index in [1.807, 2.05) is 0 Å². The summed E-state index contributed by atoms with van der Waals surface area (Å²) in [6.07, 6.45) is 0. The van der Waals surface area contributed by atoms with Gasteiger partial charge in [-0.25, -0.2) is 8.42 Å². The Kier molecular flexibility index (Phi) is 4.58. The van der Waals surface area contributed by atoms with E-state index in [2.05, 4.69) is 4.72 Å². The second-order valence-corrected chi connectivity index (χ2v) is 7.06. The average Bonchev–Trinajstić information content (AvgIpc) is 2.39. The molecular formula is C13H10Cl3NO3S. The maximum absolute atomic E-state index is 12.4. The number of sulfonamides is 1. The highest BCUT2D eigenvalue weighted by atomic mass is 35.5. The first kappa shape index (κ1) is 16.2. The van der Waals surface area contributed by atoms with Crippen molar-refractivity contribution in [1.82, 2.24) is 0 Å². The predicted octanol–water partition coefficient (Wildman–Crippen LogP) is 4.46. The molecular weight excluding hydrogens is 357 g/mol. The number of benzene rings is 2. The first-order valence-corrected chi connectivity index (χ1v) is 8.30. The van der Waals surface area contributed by atoms with Gasteiger partial charge < -0.3 is 5.11 Å². The summed E-state index contributed by atoms with van der Waals surface area (Å²) in [6.45, 7) is 1.74. The predicted molar refractivity (Wildman–Crippen MR) is 85.1 cm³/mol. The molecule has 8 heteroatoms. The summed E-state index contributed by atoms with van der Waals surface area (Å²) < 4.78 is 27.2. The molecule has 0 heterocycles. The number of para-hydroxylation sites is 1. The van der Waals surface area contributed by atoms with Gasteiger partial charge in [-0.05, 0) is 24.6 Å². The molecule has 0 unspecified atom stereocenters. The van der Waals surface area contributed by atoms with Crippen LogP contribution in [0.25, 0.3) is 0 Å². The number of nitrogens with one attached hydrogen (secondary N) is 1. The Morgan fingerprint density at radius 3 is 2.33 bits per heavy atom. The molecule has 0 spiro atoms. The van der Waals surface area contributed by atoms with E-state index < -0.39 is 20.7 Å². The number of hydrogen-bond acceptors (Lipinski definition) is 3. The third kappa shape index (κ3) is 3.21. The van der Waals surface area contributed by atoms with E-state index in [9.17, 15) is 13.5 Å². The lowest BCUT2D eigenvalue weighted by Crippen LogP contribution is -2.14. The third-order valence-corrected chi connectivity index (χ3v) is 5.37. The van der Waals surface area contributed by atoms with E-state index in [1.165, 1.54) is 6.07 Å². The Morgan fingerprint density at radius 1 is 1.10 bits per heavy atom. The van der Waals surface area contributed by atoms with Crippen LogP contribution in [0.15, 0.2) is 35.2 Å². The number of hydrogen-bond donors (Lipinski definition) is 2. The van der Waals surface area contributed by atoms with Gasteiger partial charge in [0.2, 0.25) is 0 Å². The highest BCUT2D eigenvalue weighted by molar-refractivity contribution is 7.93. The molecule has 21 heavy (non-hydrogen) atoms. The van der Waals surface area contributed by atoms with Crippen LogP contribution in [0.3, 0.4) is 0 Å². The molecule has 2 N–H and O–H groups in total. The summed E-state index contributed by atoms with van der Waals surface area (Å²) in [4.78, 5) is -0.551. The monoisotopic (exact) mass is 365 g/mol. The fourth-order valence-corrected chi connectivity index (χ4v) is 4.05. The molecule has 0 aliphatic carbocycles. The maximum Gasteiger partial charge on any atom is 0.267 e. The summed E-state index contributed by atoms with van der Waals surface area (Å²) >= 11 is 17.4.